The Morgan fingerprint density at radius 2 is 1.93 bits per heavy atom. The standard InChI is InChI=1S/C22H38N4O/c1-6-23-21(24-14-17-12-13-26(7-2)16-17)25-15-20(27)18-8-10-19(11-9-18)22(3,4)5/h8-11,17,20,27H,6-7,12-16H2,1-5H3,(H2,23,24,25). The first kappa shape index (κ1) is 21.7. The number of aliphatic hydroxyl groups is 1. The van der Waals surface area contributed by atoms with Crippen molar-refractivity contribution in [3.8, 4) is 0 Å². The van der Waals surface area contributed by atoms with Crippen molar-refractivity contribution < 1.29 is 5.11 Å². The van der Waals surface area contributed by atoms with E-state index in [0.717, 1.165) is 37.7 Å². The Morgan fingerprint density at radius 1 is 1.22 bits per heavy atom. The van der Waals surface area contributed by atoms with E-state index in [1.165, 1.54) is 18.5 Å². The molecule has 1 saturated heterocycles. The molecule has 27 heavy (non-hydrogen) atoms. The second kappa shape index (κ2) is 10.1. The van der Waals surface area contributed by atoms with Gasteiger partial charge < -0.3 is 20.6 Å². The average Bonchev–Trinajstić information content (AvgIpc) is 3.11. The number of benzene rings is 1. The molecule has 0 radical (unpaired) electrons. The summed E-state index contributed by atoms with van der Waals surface area (Å²) in [6.07, 6.45) is 0.653. The summed E-state index contributed by atoms with van der Waals surface area (Å²) in [7, 11) is 0. The molecule has 3 N–H and O–H groups in total. The van der Waals surface area contributed by atoms with Gasteiger partial charge in [0.15, 0.2) is 5.96 Å². The van der Waals surface area contributed by atoms with Crippen molar-refractivity contribution in [1.82, 2.24) is 15.5 Å². The Hall–Kier alpha value is -1.59. The summed E-state index contributed by atoms with van der Waals surface area (Å²) in [5.41, 5.74) is 2.31. The van der Waals surface area contributed by atoms with Crippen LogP contribution in [0.4, 0.5) is 0 Å². The topological polar surface area (TPSA) is 59.9 Å². The molecular weight excluding hydrogens is 336 g/mol. The van der Waals surface area contributed by atoms with Gasteiger partial charge in [0.25, 0.3) is 0 Å². The predicted octanol–water partition coefficient (Wildman–Crippen LogP) is 2.91. The molecule has 2 rings (SSSR count). The van der Waals surface area contributed by atoms with Crippen LogP contribution in [0.15, 0.2) is 29.3 Å². The molecule has 1 aromatic rings. The summed E-state index contributed by atoms with van der Waals surface area (Å²) >= 11 is 0. The van der Waals surface area contributed by atoms with Crippen LogP contribution >= 0.6 is 0 Å². The van der Waals surface area contributed by atoms with E-state index in [1.54, 1.807) is 0 Å². The number of aliphatic hydroxyl groups excluding tert-OH is 1. The van der Waals surface area contributed by atoms with Gasteiger partial charge in [0.2, 0.25) is 0 Å². The number of guanidine groups is 1. The van der Waals surface area contributed by atoms with Gasteiger partial charge in [-0.25, -0.2) is 0 Å². The van der Waals surface area contributed by atoms with Crippen molar-refractivity contribution in [2.45, 2.75) is 52.6 Å². The summed E-state index contributed by atoms with van der Waals surface area (Å²) in [4.78, 5) is 7.08. The number of hydrogen-bond donors (Lipinski definition) is 3. The maximum atomic E-state index is 10.5. The van der Waals surface area contributed by atoms with Gasteiger partial charge in [-0.05, 0) is 48.9 Å². The third-order valence-corrected chi connectivity index (χ3v) is 5.30. The van der Waals surface area contributed by atoms with Crippen LogP contribution in [0.25, 0.3) is 0 Å². The first-order chi connectivity index (χ1) is 12.8. The summed E-state index contributed by atoms with van der Waals surface area (Å²) in [6.45, 7) is 16.5. The fraction of sp³-hybridized carbons (Fsp3) is 0.682. The molecule has 2 unspecified atom stereocenters. The zero-order chi connectivity index (χ0) is 19.9. The summed E-state index contributed by atoms with van der Waals surface area (Å²) < 4.78 is 0. The molecule has 1 aliphatic rings. The third kappa shape index (κ3) is 6.82. The van der Waals surface area contributed by atoms with Gasteiger partial charge in [0.1, 0.15) is 0 Å². The van der Waals surface area contributed by atoms with Crippen molar-refractivity contribution in [2.24, 2.45) is 10.9 Å². The molecule has 5 heteroatoms. The molecule has 152 valence electrons. The summed E-state index contributed by atoms with van der Waals surface area (Å²) in [5, 5.41) is 17.2. The van der Waals surface area contributed by atoms with Gasteiger partial charge in [0.05, 0.1) is 12.6 Å². The van der Waals surface area contributed by atoms with Gasteiger partial charge in [-0.1, -0.05) is 52.0 Å². The first-order valence-electron chi connectivity index (χ1n) is 10.4. The second-order valence-electron chi connectivity index (χ2n) is 8.54. The molecule has 0 aliphatic carbocycles. The molecule has 0 aromatic heterocycles. The van der Waals surface area contributed by atoms with E-state index in [9.17, 15) is 5.11 Å². The zero-order valence-electron chi connectivity index (χ0n) is 17.8. The van der Waals surface area contributed by atoms with E-state index in [0.29, 0.717) is 12.5 Å². The Balaban J connectivity index is 1.89. The highest BCUT2D eigenvalue weighted by Gasteiger charge is 2.21. The fourth-order valence-corrected chi connectivity index (χ4v) is 3.44. The molecule has 2 atom stereocenters. The van der Waals surface area contributed by atoms with E-state index in [-0.39, 0.29) is 5.41 Å². The Labute approximate surface area is 165 Å². The molecule has 0 amide bonds. The smallest absolute Gasteiger partial charge is 0.191 e. The average molecular weight is 375 g/mol. The molecular formula is C22H38N4O. The fourth-order valence-electron chi connectivity index (χ4n) is 3.44. The molecule has 0 bridgehead atoms. The van der Waals surface area contributed by atoms with Crippen LogP contribution in [0.3, 0.4) is 0 Å². The minimum absolute atomic E-state index is 0.122. The van der Waals surface area contributed by atoms with Gasteiger partial charge in [-0.3, -0.25) is 4.99 Å². The molecule has 1 fully saturated rings. The Morgan fingerprint density at radius 3 is 2.48 bits per heavy atom. The minimum atomic E-state index is -0.587. The number of aliphatic imine (C=N–C) groups is 1. The lowest BCUT2D eigenvalue weighted by molar-refractivity contribution is 0.187. The van der Waals surface area contributed by atoms with Crippen molar-refractivity contribution in [3.63, 3.8) is 0 Å². The number of hydrogen-bond acceptors (Lipinski definition) is 3. The van der Waals surface area contributed by atoms with Gasteiger partial charge in [-0.2, -0.15) is 0 Å². The molecule has 1 aromatic carbocycles. The van der Waals surface area contributed by atoms with Crippen molar-refractivity contribution in [2.75, 3.05) is 39.3 Å². The minimum Gasteiger partial charge on any atom is -0.386 e. The maximum Gasteiger partial charge on any atom is 0.191 e. The van der Waals surface area contributed by atoms with Gasteiger partial charge >= 0.3 is 0 Å². The van der Waals surface area contributed by atoms with Crippen LogP contribution in [0.2, 0.25) is 0 Å². The Kier molecular flexibility index (Phi) is 8.11. The third-order valence-electron chi connectivity index (χ3n) is 5.30. The van der Waals surface area contributed by atoms with Crippen LogP contribution in [-0.4, -0.2) is 55.2 Å². The van der Waals surface area contributed by atoms with Crippen LogP contribution in [0.5, 0.6) is 0 Å². The van der Waals surface area contributed by atoms with Gasteiger partial charge in [0, 0.05) is 19.6 Å². The highest BCUT2D eigenvalue weighted by molar-refractivity contribution is 5.79. The van der Waals surface area contributed by atoms with Crippen LogP contribution in [0.1, 0.15) is 58.3 Å². The molecule has 0 saturated carbocycles. The SMILES string of the molecule is CCNC(=NCC(O)c1ccc(C(C)(C)C)cc1)NCC1CCN(CC)C1. The zero-order valence-corrected chi connectivity index (χ0v) is 17.8. The largest absolute Gasteiger partial charge is 0.386 e. The maximum absolute atomic E-state index is 10.5. The predicted molar refractivity (Wildman–Crippen MR) is 114 cm³/mol. The molecule has 5 nitrogen and oxygen atoms in total. The summed E-state index contributed by atoms with van der Waals surface area (Å²) in [5.74, 6) is 1.46. The first-order valence-corrected chi connectivity index (χ1v) is 10.4. The number of nitrogens with one attached hydrogen (secondary N) is 2. The highest BCUT2D eigenvalue weighted by Crippen LogP contribution is 2.24. The lowest BCUT2D eigenvalue weighted by Gasteiger charge is -2.20. The van der Waals surface area contributed by atoms with Crippen molar-refractivity contribution in [1.29, 1.82) is 0 Å². The van der Waals surface area contributed by atoms with Crippen molar-refractivity contribution in [3.05, 3.63) is 35.4 Å². The van der Waals surface area contributed by atoms with E-state index in [4.69, 9.17) is 0 Å². The number of likely N-dealkylation sites (tertiary alicyclic amines) is 1. The normalized spacial score (nSPS) is 19.9. The van der Waals surface area contributed by atoms with Crippen molar-refractivity contribution >= 4 is 5.96 Å². The van der Waals surface area contributed by atoms with E-state index in [2.05, 4.69) is 67.3 Å². The van der Waals surface area contributed by atoms with Crippen LogP contribution in [0, 0.1) is 5.92 Å². The number of nitrogens with zero attached hydrogens (tertiary/aromatic N) is 2. The van der Waals surface area contributed by atoms with Crippen LogP contribution in [-0.2, 0) is 5.41 Å². The quantitative estimate of drug-likeness (QED) is 0.507. The highest BCUT2D eigenvalue weighted by atomic mass is 16.3. The summed E-state index contributed by atoms with van der Waals surface area (Å²) in [6, 6.07) is 8.23. The Bertz CT molecular complexity index is 591. The van der Waals surface area contributed by atoms with Gasteiger partial charge in [-0.15, -0.1) is 0 Å². The molecule has 0 spiro atoms. The van der Waals surface area contributed by atoms with E-state index >= 15 is 0 Å². The van der Waals surface area contributed by atoms with E-state index in [1.807, 2.05) is 12.1 Å². The van der Waals surface area contributed by atoms with E-state index < -0.39 is 6.10 Å². The lowest BCUT2D eigenvalue weighted by Crippen LogP contribution is -2.40. The van der Waals surface area contributed by atoms with Crippen LogP contribution < -0.4 is 10.6 Å². The second-order valence-corrected chi connectivity index (χ2v) is 8.54. The lowest BCUT2D eigenvalue weighted by atomic mass is 9.86. The number of rotatable bonds is 7. The molecule has 1 aliphatic heterocycles. The molecule has 1 heterocycles. The monoisotopic (exact) mass is 374 g/mol.